The first-order valence-corrected chi connectivity index (χ1v) is 4.68. The Morgan fingerprint density at radius 2 is 1.76 bits per heavy atom. The summed E-state index contributed by atoms with van der Waals surface area (Å²) >= 11 is 0. The van der Waals surface area contributed by atoms with Crippen LogP contribution in [0.15, 0.2) is 18.2 Å². The monoisotopic (exact) mass is 240 g/mol. The van der Waals surface area contributed by atoms with Gasteiger partial charge in [0.05, 0.1) is 14.2 Å². The number of aliphatic carboxylic acids is 1. The molecule has 0 amide bonds. The second-order valence-electron chi connectivity index (χ2n) is 3.00. The van der Waals surface area contributed by atoms with Gasteiger partial charge in [-0.05, 0) is 18.2 Å². The van der Waals surface area contributed by atoms with E-state index in [-0.39, 0.29) is 5.84 Å². The number of nitrogens with two attached hydrogens (primary N) is 1. The largest absolute Gasteiger partial charge is 0.493 e. The van der Waals surface area contributed by atoms with Crippen molar-refractivity contribution in [2.75, 3.05) is 14.2 Å². The molecule has 0 aliphatic heterocycles. The third-order valence-electron chi connectivity index (χ3n) is 1.69. The Morgan fingerprint density at radius 3 is 2.12 bits per heavy atom. The molecule has 6 nitrogen and oxygen atoms in total. The molecule has 4 N–H and O–H groups in total. The van der Waals surface area contributed by atoms with Crippen LogP contribution in [0, 0.1) is 5.41 Å². The van der Waals surface area contributed by atoms with Crippen LogP contribution in [0.5, 0.6) is 11.5 Å². The van der Waals surface area contributed by atoms with Crippen molar-refractivity contribution in [1.29, 1.82) is 5.41 Å². The number of hydrogen-bond donors (Lipinski definition) is 3. The number of rotatable bonds is 3. The van der Waals surface area contributed by atoms with Gasteiger partial charge in [-0.15, -0.1) is 0 Å². The van der Waals surface area contributed by atoms with E-state index in [9.17, 15) is 0 Å². The summed E-state index contributed by atoms with van der Waals surface area (Å²) in [4.78, 5) is 9.00. The Balaban J connectivity index is 0.000000557. The molecule has 0 heterocycles. The lowest BCUT2D eigenvalue weighted by Crippen LogP contribution is -2.11. The van der Waals surface area contributed by atoms with Gasteiger partial charge in [-0.2, -0.15) is 0 Å². The fraction of sp³-hybridized carbons (Fsp3) is 0.273. The molecule has 0 aliphatic carbocycles. The second kappa shape index (κ2) is 7.10. The van der Waals surface area contributed by atoms with Crippen LogP contribution in [0.25, 0.3) is 0 Å². The summed E-state index contributed by atoms with van der Waals surface area (Å²) in [5.41, 5.74) is 5.94. The number of amidine groups is 1. The maximum atomic E-state index is 9.00. The van der Waals surface area contributed by atoms with Crippen LogP contribution in [0.4, 0.5) is 0 Å². The molecule has 0 spiro atoms. The summed E-state index contributed by atoms with van der Waals surface area (Å²) in [6.45, 7) is 1.08. The average molecular weight is 240 g/mol. The fourth-order valence-electron chi connectivity index (χ4n) is 1.00. The molecule has 0 fully saturated rings. The molecule has 0 saturated heterocycles. The Labute approximate surface area is 99.5 Å². The Bertz CT molecular complexity index is 400. The number of carbonyl (C=O) groups is 1. The Morgan fingerprint density at radius 1 is 1.29 bits per heavy atom. The molecular weight excluding hydrogens is 224 g/mol. The van der Waals surface area contributed by atoms with Crippen molar-refractivity contribution in [2.45, 2.75) is 6.92 Å². The lowest BCUT2D eigenvalue weighted by molar-refractivity contribution is -0.134. The lowest BCUT2D eigenvalue weighted by Gasteiger charge is -2.08. The highest BCUT2D eigenvalue weighted by Gasteiger charge is 2.05. The minimum absolute atomic E-state index is 0.0148. The molecule has 0 radical (unpaired) electrons. The minimum atomic E-state index is -0.833. The van der Waals surface area contributed by atoms with E-state index in [0.29, 0.717) is 17.1 Å². The number of benzene rings is 1. The van der Waals surface area contributed by atoms with Gasteiger partial charge in [-0.1, -0.05) is 0 Å². The molecule has 0 unspecified atom stereocenters. The Hall–Kier alpha value is -2.24. The van der Waals surface area contributed by atoms with Gasteiger partial charge in [0.2, 0.25) is 0 Å². The third-order valence-corrected chi connectivity index (χ3v) is 1.69. The average Bonchev–Trinajstić information content (AvgIpc) is 2.27. The highest BCUT2D eigenvalue weighted by molar-refractivity contribution is 5.95. The summed E-state index contributed by atoms with van der Waals surface area (Å²) in [6.07, 6.45) is 0. The van der Waals surface area contributed by atoms with E-state index in [4.69, 9.17) is 30.5 Å². The summed E-state index contributed by atoms with van der Waals surface area (Å²) in [5.74, 6) is 0.392. The molecule has 1 aromatic rings. The van der Waals surface area contributed by atoms with E-state index in [2.05, 4.69) is 0 Å². The van der Waals surface area contributed by atoms with Crippen LogP contribution in [0.3, 0.4) is 0 Å². The zero-order valence-electron chi connectivity index (χ0n) is 9.98. The standard InChI is InChI=1S/C9H12N2O2.C2H4O2/c1-12-7-4-3-6(9(10)11)5-8(7)13-2;1-2(3)4/h3-5H,1-2H3,(H3,10,11);1H3,(H,3,4). The van der Waals surface area contributed by atoms with Crippen molar-refractivity contribution < 1.29 is 19.4 Å². The van der Waals surface area contributed by atoms with Crippen LogP contribution in [-0.2, 0) is 4.79 Å². The van der Waals surface area contributed by atoms with Crippen molar-refractivity contribution in [3.05, 3.63) is 23.8 Å². The summed E-state index contributed by atoms with van der Waals surface area (Å²) < 4.78 is 10.1. The minimum Gasteiger partial charge on any atom is -0.493 e. The summed E-state index contributed by atoms with van der Waals surface area (Å²) in [6, 6.07) is 5.10. The second-order valence-corrected chi connectivity index (χ2v) is 3.00. The van der Waals surface area contributed by atoms with Crippen molar-refractivity contribution >= 4 is 11.8 Å². The van der Waals surface area contributed by atoms with Crippen molar-refractivity contribution in [3.8, 4) is 11.5 Å². The van der Waals surface area contributed by atoms with E-state index in [1.165, 1.54) is 0 Å². The molecule has 6 heteroatoms. The number of nitrogens with one attached hydrogen (secondary N) is 1. The van der Waals surface area contributed by atoms with Crippen molar-refractivity contribution in [2.24, 2.45) is 5.73 Å². The van der Waals surface area contributed by atoms with Gasteiger partial charge in [-0.25, -0.2) is 0 Å². The van der Waals surface area contributed by atoms with Gasteiger partial charge in [-0.3, -0.25) is 10.2 Å². The SMILES string of the molecule is CC(=O)O.COc1ccc(C(=N)N)cc1OC. The molecule has 0 saturated carbocycles. The normalized spacial score (nSPS) is 8.65. The van der Waals surface area contributed by atoms with E-state index in [1.807, 2.05) is 0 Å². The zero-order valence-corrected chi connectivity index (χ0v) is 9.98. The van der Waals surface area contributed by atoms with Crippen LogP contribution in [-0.4, -0.2) is 31.1 Å². The molecule has 0 bridgehead atoms. The number of nitrogen functional groups attached to an aromatic ring is 1. The van der Waals surface area contributed by atoms with E-state index in [0.717, 1.165) is 6.92 Å². The van der Waals surface area contributed by atoms with Crippen LogP contribution in [0.2, 0.25) is 0 Å². The predicted octanol–water partition coefficient (Wildman–Crippen LogP) is 1.08. The fourth-order valence-corrected chi connectivity index (χ4v) is 1.00. The van der Waals surface area contributed by atoms with Crippen LogP contribution < -0.4 is 15.2 Å². The zero-order chi connectivity index (χ0) is 13.4. The lowest BCUT2D eigenvalue weighted by atomic mass is 10.2. The van der Waals surface area contributed by atoms with Gasteiger partial charge in [0, 0.05) is 12.5 Å². The predicted molar refractivity (Wildman–Crippen MR) is 63.9 cm³/mol. The summed E-state index contributed by atoms with van der Waals surface area (Å²) in [5, 5.41) is 14.6. The number of carboxylic acids is 1. The van der Waals surface area contributed by atoms with Crippen molar-refractivity contribution in [3.63, 3.8) is 0 Å². The van der Waals surface area contributed by atoms with Gasteiger partial charge < -0.3 is 20.3 Å². The number of ether oxygens (including phenoxy) is 2. The van der Waals surface area contributed by atoms with Gasteiger partial charge in [0.15, 0.2) is 11.5 Å². The number of methoxy groups -OCH3 is 2. The molecule has 0 aliphatic rings. The molecule has 94 valence electrons. The van der Waals surface area contributed by atoms with Gasteiger partial charge in [0.25, 0.3) is 5.97 Å². The van der Waals surface area contributed by atoms with E-state index in [1.54, 1.807) is 32.4 Å². The van der Waals surface area contributed by atoms with E-state index < -0.39 is 5.97 Å². The van der Waals surface area contributed by atoms with Crippen LogP contribution in [0.1, 0.15) is 12.5 Å². The van der Waals surface area contributed by atoms with Crippen LogP contribution >= 0.6 is 0 Å². The molecular formula is C11H16N2O4. The molecule has 1 rings (SSSR count). The third kappa shape index (κ3) is 5.41. The van der Waals surface area contributed by atoms with Gasteiger partial charge in [0.1, 0.15) is 5.84 Å². The number of carboxylic acid groups (broad SMARTS) is 1. The quantitative estimate of drug-likeness (QED) is 0.541. The molecule has 17 heavy (non-hydrogen) atoms. The first-order valence-electron chi connectivity index (χ1n) is 4.68. The summed E-state index contributed by atoms with van der Waals surface area (Å²) in [7, 11) is 3.10. The number of hydrogen-bond acceptors (Lipinski definition) is 4. The van der Waals surface area contributed by atoms with E-state index >= 15 is 0 Å². The smallest absolute Gasteiger partial charge is 0.300 e. The molecule has 0 atom stereocenters. The maximum absolute atomic E-state index is 9.00. The highest BCUT2D eigenvalue weighted by atomic mass is 16.5. The first kappa shape index (κ1) is 14.8. The molecule has 1 aromatic carbocycles. The van der Waals surface area contributed by atoms with Crippen molar-refractivity contribution in [1.82, 2.24) is 0 Å². The Kier molecular flexibility index (Phi) is 6.17. The maximum Gasteiger partial charge on any atom is 0.300 e. The first-order chi connectivity index (χ1) is 7.92. The topological polar surface area (TPSA) is 106 Å². The molecule has 0 aromatic heterocycles. The van der Waals surface area contributed by atoms with Gasteiger partial charge >= 0.3 is 0 Å². The highest BCUT2D eigenvalue weighted by Crippen LogP contribution is 2.27.